The van der Waals surface area contributed by atoms with Gasteiger partial charge < -0.3 is 15.2 Å². The largest absolute Gasteiger partial charge is 0.400 e. The van der Waals surface area contributed by atoms with Gasteiger partial charge in [-0.25, -0.2) is 0 Å². The lowest BCUT2D eigenvalue weighted by atomic mass is 10.1. The Morgan fingerprint density at radius 3 is 2.00 bits per heavy atom. The predicted molar refractivity (Wildman–Crippen MR) is 73.0 cm³/mol. The van der Waals surface area contributed by atoms with E-state index in [0.717, 1.165) is 13.5 Å². The highest BCUT2D eigenvalue weighted by Gasteiger charge is 2.26. The van der Waals surface area contributed by atoms with Crippen LogP contribution in [0.4, 0.5) is 0 Å². The smallest absolute Gasteiger partial charge is 0.251 e. The minimum absolute atomic E-state index is 0.0729. The first-order valence-electron chi connectivity index (χ1n) is 6.21. The van der Waals surface area contributed by atoms with Gasteiger partial charge in [0.2, 0.25) is 0 Å². The summed E-state index contributed by atoms with van der Waals surface area (Å²) in [6.07, 6.45) is 0.987. The van der Waals surface area contributed by atoms with Crippen LogP contribution in [-0.2, 0) is 9.53 Å². The van der Waals surface area contributed by atoms with Gasteiger partial charge in [-0.15, -0.1) is 0 Å². The number of rotatable bonds is 5. The van der Waals surface area contributed by atoms with Crippen LogP contribution in [0, 0.1) is 5.92 Å². The second-order valence-corrected chi connectivity index (χ2v) is 4.12. The summed E-state index contributed by atoms with van der Waals surface area (Å²) in [6, 6.07) is 0. The Labute approximate surface area is 107 Å². The third-order valence-corrected chi connectivity index (χ3v) is 1.93. The van der Waals surface area contributed by atoms with E-state index in [1.54, 1.807) is 20.9 Å². The molecule has 4 heteroatoms. The number of likely N-dealkylation sites (N-methyl/N-ethyl adjacent to an activating group) is 1. The third kappa shape index (κ3) is 13.3. The van der Waals surface area contributed by atoms with Crippen molar-refractivity contribution in [2.45, 2.75) is 53.6 Å². The number of hydrogen-bond acceptors (Lipinski definition) is 3. The Morgan fingerprint density at radius 1 is 1.29 bits per heavy atom. The third-order valence-electron chi connectivity index (χ3n) is 1.93. The average Bonchev–Trinajstić information content (AvgIpc) is 2.32. The van der Waals surface area contributed by atoms with E-state index >= 15 is 0 Å². The molecule has 0 aliphatic heterocycles. The summed E-state index contributed by atoms with van der Waals surface area (Å²) < 4.78 is 5.48. The molecule has 0 aromatic rings. The Balaban J connectivity index is -0.000000439. The molecule has 0 aliphatic carbocycles. The Morgan fingerprint density at radius 2 is 1.71 bits per heavy atom. The zero-order valence-corrected chi connectivity index (χ0v) is 12.8. The van der Waals surface area contributed by atoms with E-state index in [-0.39, 0.29) is 5.91 Å². The normalized spacial score (nSPS) is 9.76. The molecule has 2 N–H and O–H groups in total. The van der Waals surface area contributed by atoms with Crippen molar-refractivity contribution < 1.29 is 14.6 Å². The Bertz CT molecular complexity index is 168. The minimum Gasteiger partial charge on any atom is -0.400 e. The molecule has 0 spiro atoms. The standard InChI is InChI=1S/C10H21NO2.C2H6.CH4O/c1-8(2)6-7-13-10(3,4)9(12)11-5;2*1-2/h8H,6-7H2,1-5H3,(H,11,12);1-2H3;2H,1H3. The number of aliphatic hydroxyl groups is 1. The molecule has 0 rings (SSSR count). The summed E-state index contributed by atoms with van der Waals surface area (Å²) in [5.74, 6) is 0.539. The van der Waals surface area contributed by atoms with Crippen LogP contribution in [0.5, 0.6) is 0 Å². The van der Waals surface area contributed by atoms with Crippen molar-refractivity contribution in [1.29, 1.82) is 0 Å². The highest BCUT2D eigenvalue weighted by atomic mass is 16.5. The predicted octanol–water partition coefficient (Wildman–Crippen LogP) is 2.21. The number of amides is 1. The first-order chi connectivity index (χ1) is 7.90. The molecule has 0 radical (unpaired) electrons. The average molecular weight is 249 g/mol. The molecule has 0 fully saturated rings. The van der Waals surface area contributed by atoms with E-state index in [0.29, 0.717) is 12.5 Å². The highest BCUT2D eigenvalue weighted by Crippen LogP contribution is 2.11. The first kappa shape index (κ1) is 21.7. The fraction of sp³-hybridized carbons (Fsp3) is 0.923. The lowest BCUT2D eigenvalue weighted by Gasteiger charge is -2.23. The molecule has 0 atom stereocenters. The van der Waals surface area contributed by atoms with E-state index in [4.69, 9.17) is 9.84 Å². The maximum absolute atomic E-state index is 11.3. The molecule has 0 heterocycles. The molecular formula is C13H31NO3. The van der Waals surface area contributed by atoms with Crippen molar-refractivity contribution in [3.8, 4) is 0 Å². The van der Waals surface area contributed by atoms with Crippen LogP contribution in [0.25, 0.3) is 0 Å². The maximum atomic E-state index is 11.3. The number of aliphatic hydroxyl groups excluding tert-OH is 1. The van der Waals surface area contributed by atoms with Crippen LogP contribution >= 0.6 is 0 Å². The molecule has 0 aliphatic rings. The van der Waals surface area contributed by atoms with Crippen molar-refractivity contribution in [3.05, 3.63) is 0 Å². The number of carbonyl (C=O) groups excluding carboxylic acids is 1. The molecule has 4 nitrogen and oxygen atoms in total. The van der Waals surface area contributed by atoms with Crippen molar-refractivity contribution in [3.63, 3.8) is 0 Å². The molecule has 0 aromatic carbocycles. The van der Waals surface area contributed by atoms with Crippen LogP contribution in [0.2, 0.25) is 0 Å². The fourth-order valence-electron chi connectivity index (χ4n) is 0.916. The van der Waals surface area contributed by atoms with E-state index in [2.05, 4.69) is 19.2 Å². The molecule has 1 amide bonds. The van der Waals surface area contributed by atoms with Crippen LogP contribution in [0.1, 0.15) is 48.0 Å². The van der Waals surface area contributed by atoms with E-state index in [1.807, 2.05) is 13.8 Å². The van der Waals surface area contributed by atoms with Gasteiger partial charge in [-0.05, 0) is 26.2 Å². The second kappa shape index (κ2) is 13.5. The van der Waals surface area contributed by atoms with Gasteiger partial charge in [0.15, 0.2) is 0 Å². The number of carbonyl (C=O) groups is 1. The Kier molecular flexibility index (Phi) is 17.1. The highest BCUT2D eigenvalue weighted by molar-refractivity contribution is 5.83. The summed E-state index contributed by atoms with van der Waals surface area (Å²) in [6.45, 7) is 12.5. The maximum Gasteiger partial charge on any atom is 0.251 e. The van der Waals surface area contributed by atoms with Gasteiger partial charge in [-0.2, -0.15) is 0 Å². The van der Waals surface area contributed by atoms with E-state index in [9.17, 15) is 4.79 Å². The molecule has 0 saturated carbocycles. The molecule has 0 saturated heterocycles. The van der Waals surface area contributed by atoms with Gasteiger partial charge in [-0.3, -0.25) is 4.79 Å². The van der Waals surface area contributed by atoms with Crippen molar-refractivity contribution in [2.75, 3.05) is 20.8 Å². The lowest BCUT2D eigenvalue weighted by Crippen LogP contribution is -2.42. The van der Waals surface area contributed by atoms with Crippen LogP contribution in [-0.4, -0.2) is 37.4 Å². The van der Waals surface area contributed by atoms with Gasteiger partial charge >= 0.3 is 0 Å². The molecule has 0 aromatic heterocycles. The molecule has 17 heavy (non-hydrogen) atoms. The van der Waals surface area contributed by atoms with Crippen molar-refractivity contribution in [2.24, 2.45) is 5.92 Å². The molecular weight excluding hydrogens is 218 g/mol. The van der Waals surface area contributed by atoms with Crippen LogP contribution < -0.4 is 5.32 Å². The number of nitrogens with one attached hydrogen (secondary N) is 1. The number of ether oxygens (including phenoxy) is 1. The van der Waals surface area contributed by atoms with E-state index < -0.39 is 5.60 Å². The van der Waals surface area contributed by atoms with Crippen molar-refractivity contribution in [1.82, 2.24) is 5.32 Å². The van der Waals surface area contributed by atoms with Crippen molar-refractivity contribution >= 4 is 5.91 Å². The van der Waals surface area contributed by atoms with Crippen LogP contribution in [0.15, 0.2) is 0 Å². The number of hydrogen-bond donors (Lipinski definition) is 2. The minimum atomic E-state index is -0.705. The zero-order chi connectivity index (χ0) is 14.5. The second-order valence-electron chi connectivity index (χ2n) is 4.12. The molecule has 106 valence electrons. The SMILES string of the molecule is CC.CNC(=O)C(C)(C)OCCC(C)C.CO. The fourth-order valence-corrected chi connectivity index (χ4v) is 0.916. The van der Waals surface area contributed by atoms with Gasteiger partial charge in [0.1, 0.15) is 5.60 Å². The van der Waals surface area contributed by atoms with Gasteiger partial charge in [-0.1, -0.05) is 27.7 Å². The zero-order valence-electron chi connectivity index (χ0n) is 12.8. The summed E-state index contributed by atoms with van der Waals surface area (Å²) in [5.41, 5.74) is -0.705. The molecule has 0 unspecified atom stereocenters. The first-order valence-corrected chi connectivity index (χ1v) is 6.21. The monoisotopic (exact) mass is 249 g/mol. The van der Waals surface area contributed by atoms with E-state index in [1.165, 1.54) is 0 Å². The summed E-state index contributed by atoms with van der Waals surface area (Å²) in [5, 5.41) is 9.58. The summed E-state index contributed by atoms with van der Waals surface area (Å²) in [7, 11) is 2.62. The summed E-state index contributed by atoms with van der Waals surface area (Å²) in [4.78, 5) is 11.3. The Hall–Kier alpha value is -0.610. The van der Waals surface area contributed by atoms with Gasteiger partial charge in [0.25, 0.3) is 5.91 Å². The van der Waals surface area contributed by atoms with Crippen LogP contribution in [0.3, 0.4) is 0 Å². The molecule has 0 bridgehead atoms. The topological polar surface area (TPSA) is 58.6 Å². The van der Waals surface area contributed by atoms with Gasteiger partial charge in [0, 0.05) is 20.8 Å². The summed E-state index contributed by atoms with van der Waals surface area (Å²) >= 11 is 0. The quantitative estimate of drug-likeness (QED) is 0.785. The lowest BCUT2D eigenvalue weighted by molar-refractivity contribution is -0.142. The van der Waals surface area contributed by atoms with Gasteiger partial charge in [0.05, 0.1) is 0 Å².